The van der Waals surface area contributed by atoms with Crippen molar-refractivity contribution in [1.29, 1.82) is 0 Å². The summed E-state index contributed by atoms with van der Waals surface area (Å²) in [5, 5.41) is 0. The highest BCUT2D eigenvalue weighted by molar-refractivity contribution is 4.65. The molecule has 0 bridgehead atoms. The zero-order valence-corrected chi connectivity index (χ0v) is 9.33. The Balaban J connectivity index is 2.03. The van der Waals surface area contributed by atoms with E-state index in [0.717, 1.165) is 0 Å². The normalized spacial score (nSPS) is 21.0. The van der Waals surface area contributed by atoms with Crippen LogP contribution in [0.1, 0.15) is 39.0 Å². The van der Waals surface area contributed by atoms with E-state index in [1.807, 2.05) is 6.92 Å². The smallest absolute Gasteiger partial charge is 0.155 e. The van der Waals surface area contributed by atoms with Gasteiger partial charge in [-0.15, -0.1) is 0 Å². The molecule has 0 amide bonds. The van der Waals surface area contributed by atoms with Crippen molar-refractivity contribution in [2.75, 3.05) is 20.3 Å². The Hall–Kier alpha value is -0.120. The Morgan fingerprint density at radius 1 is 1.14 bits per heavy atom. The second kappa shape index (κ2) is 7.21. The Labute approximate surface area is 86.7 Å². The van der Waals surface area contributed by atoms with Gasteiger partial charge in [0.25, 0.3) is 0 Å². The maximum Gasteiger partial charge on any atom is 0.155 e. The lowest BCUT2D eigenvalue weighted by atomic mass is 9.98. The van der Waals surface area contributed by atoms with Crippen LogP contribution in [0.25, 0.3) is 0 Å². The minimum absolute atomic E-state index is 0.0896. The SMILES string of the molecule is COCCOC(C)OC1CCCCC1. The van der Waals surface area contributed by atoms with Gasteiger partial charge in [0.15, 0.2) is 6.29 Å². The van der Waals surface area contributed by atoms with Crippen LogP contribution in [0.5, 0.6) is 0 Å². The van der Waals surface area contributed by atoms with E-state index in [4.69, 9.17) is 14.2 Å². The first-order chi connectivity index (χ1) is 6.83. The molecule has 1 aliphatic carbocycles. The van der Waals surface area contributed by atoms with E-state index in [-0.39, 0.29) is 6.29 Å². The fourth-order valence-electron chi connectivity index (χ4n) is 1.81. The van der Waals surface area contributed by atoms with Crippen LogP contribution < -0.4 is 0 Å². The van der Waals surface area contributed by atoms with Gasteiger partial charge < -0.3 is 14.2 Å². The molecule has 0 aromatic carbocycles. The third-order valence-electron chi connectivity index (χ3n) is 2.58. The van der Waals surface area contributed by atoms with Crippen molar-refractivity contribution >= 4 is 0 Å². The standard InChI is InChI=1S/C11H22O3/c1-10(13-9-8-12-2)14-11-6-4-3-5-7-11/h10-11H,3-9H2,1-2H3. The number of hydrogen-bond donors (Lipinski definition) is 0. The van der Waals surface area contributed by atoms with Crippen molar-refractivity contribution < 1.29 is 14.2 Å². The van der Waals surface area contributed by atoms with Crippen LogP contribution in [0.4, 0.5) is 0 Å². The fourth-order valence-corrected chi connectivity index (χ4v) is 1.81. The van der Waals surface area contributed by atoms with Gasteiger partial charge >= 0.3 is 0 Å². The topological polar surface area (TPSA) is 27.7 Å². The van der Waals surface area contributed by atoms with Crippen LogP contribution in [-0.2, 0) is 14.2 Å². The van der Waals surface area contributed by atoms with Crippen molar-refractivity contribution in [3.8, 4) is 0 Å². The molecular formula is C11H22O3. The summed E-state index contributed by atoms with van der Waals surface area (Å²) in [5.74, 6) is 0. The van der Waals surface area contributed by atoms with Gasteiger partial charge in [-0.1, -0.05) is 19.3 Å². The summed E-state index contributed by atoms with van der Waals surface area (Å²) in [7, 11) is 1.68. The highest BCUT2D eigenvalue weighted by Crippen LogP contribution is 2.21. The number of ether oxygens (including phenoxy) is 3. The zero-order valence-electron chi connectivity index (χ0n) is 9.33. The highest BCUT2D eigenvalue weighted by atomic mass is 16.7. The van der Waals surface area contributed by atoms with Gasteiger partial charge in [0.1, 0.15) is 0 Å². The fraction of sp³-hybridized carbons (Fsp3) is 1.00. The van der Waals surface area contributed by atoms with Gasteiger partial charge in [-0.25, -0.2) is 0 Å². The minimum atomic E-state index is -0.0896. The summed E-state index contributed by atoms with van der Waals surface area (Å²) in [4.78, 5) is 0. The highest BCUT2D eigenvalue weighted by Gasteiger charge is 2.16. The van der Waals surface area contributed by atoms with Crippen molar-refractivity contribution in [2.24, 2.45) is 0 Å². The molecule has 1 fully saturated rings. The predicted octanol–water partition coefficient (Wildman–Crippen LogP) is 2.34. The van der Waals surface area contributed by atoms with Crippen molar-refractivity contribution in [2.45, 2.75) is 51.4 Å². The molecule has 1 atom stereocenters. The van der Waals surface area contributed by atoms with Crippen molar-refractivity contribution in [3.05, 3.63) is 0 Å². The molecule has 0 aliphatic heterocycles. The van der Waals surface area contributed by atoms with Crippen molar-refractivity contribution in [3.63, 3.8) is 0 Å². The lowest BCUT2D eigenvalue weighted by molar-refractivity contribution is -0.170. The molecule has 1 aliphatic rings. The van der Waals surface area contributed by atoms with Gasteiger partial charge in [0, 0.05) is 7.11 Å². The quantitative estimate of drug-likeness (QED) is 0.489. The first-order valence-corrected chi connectivity index (χ1v) is 5.59. The van der Waals surface area contributed by atoms with Crippen LogP contribution >= 0.6 is 0 Å². The number of methoxy groups -OCH3 is 1. The molecule has 1 unspecified atom stereocenters. The molecule has 0 radical (unpaired) electrons. The maximum atomic E-state index is 5.76. The Morgan fingerprint density at radius 2 is 1.86 bits per heavy atom. The maximum absolute atomic E-state index is 5.76. The Morgan fingerprint density at radius 3 is 2.50 bits per heavy atom. The Kier molecular flexibility index (Phi) is 6.15. The summed E-state index contributed by atoms with van der Waals surface area (Å²) >= 11 is 0. The molecule has 0 aromatic heterocycles. The molecule has 14 heavy (non-hydrogen) atoms. The third-order valence-corrected chi connectivity index (χ3v) is 2.58. The van der Waals surface area contributed by atoms with Crippen LogP contribution in [-0.4, -0.2) is 32.7 Å². The third kappa shape index (κ3) is 4.94. The molecule has 0 aromatic rings. The second-order valence-electron chi connectivity index (χ2n) is 3.83. The summed E-state index contributed by atoms with van der Waals surface area (Å²) in [5.41, 5.74) is 0. The molecule has 1 rings (SSSR count). The van der Waals surface area contributed by atoms with E-state index in [1.54, 1.807) is 7.11 Å². The Bertz CT molecular complexity index is 132. The molecular weight excluding hydrogens is 180 g/mol. The van der Waals surface area contributed by atoms with Gasteiger partial charge in [-0.05, 0) is 19.8 Å². The molecule has 0 saturated heterocycles. The monoisotopic (exact) mass is 202 g/mol. The first-order valence-electron chi connectivity index (χ1n) is 5.59. The van der Waals surface area contributed by atoms with E-state index >= 15 is 0 Å². The van der Waals surface area contributed by atoms with Crippen molar-refractivity contribution in [1.82, 2.24) is 0 Å². The van der Waals surface area contributed by atoms with Gasteiger partial charge in [-0.2, -0.15) is 0 Å². The second-order valence-corrected chi connectivity index (χ2v) is 3.83. The van der Waals surface area contributed by atoms with Gasteiger partial charge in [-0.3, -0.25) is 0 Å². The van der Waals surface area contributed by atoms with Crippen LogP contribution in [0, 0.1) is 0 Å². The molecule has 3 nitrogen and oxygen atoms in total. The van der Waals surface area contributed by atoms with Gasteiger partial charge in [0.05, 0.1) is 19.3 Å². The summed E-state index contributed by atoms with van der Waals surface area (Å²) in [6, 6.07) is 0. The van der Waals surface area contributed by atoms with E-state index in [2.05, 4.69) is 0 Å². The molecule has 1 saturated carbocycles. The molecule has 0 heterocycles. The number of rotatable bonds is 6. The van der Waals surface area contributed by atoms with Crippen LogP contribution in [0.15, 0.2) is 0 Å². The van der Waals surface area contributed by atoms with Gasteiger partial charge in [0.2, 0.25) is 0 Å². The molecule has 3 heteroatoms. The van der Waals surface area contributed by atoms with E-state index in [0.29, 0.717) is 19.3 Å². The first kappa shape index (κ1) is 12.0. The summed E-state index contributed by atoms with van der Waals surface area (Å²) in [6.45, 7) is 3.22. The van der Waals surface area contributed by atoms with E-state index in [9.17, 15) is 0 Å². The zero-order chi connectivity index (χ0) is 10.2. The largest absolute Gasteiger partial charge is 0.382 e. The minimum Gasteiger partial charge on any atom is -0.382 e. The average molecular weight is 202 g/mol. The lowest BCUT2D eigenvalue weighted by Crippen LogP contribution is -2.25. The van der Waals surface area contributed by atoms with Crippen LogP contribution in [0.3, 0.4) is 0 Å². The molecule has 84 valence electrons. The average Bonchev–Trinajstić information content (AvgIpc) is 2.20. The van der Waals surface area contributed by atoms with Crippen LogP contribution in [0.2, 0.25) is 0 Å². The van der Waals surface area contributed by atoms with E-state index < -0.39 is 0 Å². The molecule has 0 spiro atoms. The summed E-state index contributed by atoms with van der Waals surface area (Å²) in [6.07, 6.45) is 6.68. The predicted molar refractivity (Wildman–Crippen MR) is 55.2 cm³/mol. The lowest BCUT2D eigenvalue weighted by Gasteiger charge is -2.25. The molecule has 0 N–H and O–H groups in total. The van der Waals surface area contributed by atoms with E-state index in [1.165, 1.54) is 32.1 Å². The summed E-state index contributed by atoms with van der Waals surface area (Å²) < 4.78 is 16.1. The number of hydrogen-bond acceptors (Lipinski definition) is 3.